The lowest BCUT2D eigenvalue weighted by molar-refractivity contribution is 0.0849. The molecule has 1 fully saturated rings. The molecule has 4 heteroatoms. The van der Waals surface area contributed by atoms with Crippen LogP contribution in [0.25, 0.3) is 0 Å². The van der Waals surface area contributed by atoms with E-state index in [9.17, 15) is 9.90 Å². The van der Waals surface area contributed by atoms with Crippen molar-refractivity contribution < 1.29 is 9.90 Å². The van der Waals surface area contributed by atoms with Gasteiger partial charge in [-0.2, -0.15) is 0 Å². The second-order valence-corrected chi connectivity index (χ2v) is 6.46. The molecule has 1 atom stereocenters. The molecule has 1 aliphatic heterocycles. The number of likely N-dealkylation sites (tertiary alicyclic amines) is 1. The number of aliphatic hydroxyl groups is 1. The van der Waals surface area contributed by atoms with Crippen LogP contribution in [0.2, 0.25) is 0 Å². The number of nitrogens with one attached hydrogen (secondary N) is 1. The maximum absolute atomic E-state index is 12.3. The Labute approximate surface area is 132 Å². The highest BCUT2D eigenvalue weighted by atomic mass is 16.3. The van der Waals surface area contributed by atoms with Crippen LogP contribution in [-0.4, -0.2) is 48.2 Å². The molecule has 1 aromatic carbocycles. The van der Waals surface area contributed by atoms with Gasteiger partial charge in [-0.25, -0.2) is 0 Å². The number of aryl methyl sites for hydroxylation is 2. The summed E-state index contributed by atoms with van der Waals surface area (Å²) in [4.78, 5) is 14.6. The summed E-state index contributed by atoms with van der Waals surface area (Å²) in [6.07, 6.45) is 6.91. The summed E-state index contributed by atoms with van der Waals surface area (Å²) in [7, 11) is 0. The van der Waals surface area contributed by atoms with Gasteiger partial charge in [0.15, 0.2) is 0 Å². The third kappa shape index (κ3) is 3.50. The zero-order valence-electron chi connectivity index (χ0n) is 13.2. The second-order valence-electron chi connectivity index (χ2n) is 6.46. The largest absolute Gasteiger partial charge is 0.395 e. The molecule has 2 aliphatic rings. The van der Waals surface area contributed by atoms with Crippen molar-refractivity contribution in [3.05, 3.63) is 34.9 Å². The molecule has 0 saturated carbocycles. The number of benzene rings is 1. The highest BCUT2D eigenvalue weighted by molar-refractivity contribution is 5.94. The third-order valence-corrected chi connectivity index (χ3v) is 5.01. The fourth-order valence-corrected chi connectivity index (χ4v) is 3.69. The first-order valence-electron chi connectivity index (χ1n) is 8.53. The van der Waals surface area contributed by atoms with Crippen molar-refractivity contribution in [2.75, 3.05) is 26.2 Å². The molecular weight excluding hydrogens is 276 g/mol. The van der Waals surface area contributed by atoms with Gasteiger partial charge in [0.25, 0.3) is 5.91 Å². The van der Waals surface area contributed by atoms with Crippen molar-refractivity contribution in [2.45, 2.75) is 44.6 Å². The second kappa shape index (κ2) is 7.25. The monoisotopic (exact) mass is 302 g/mol. The summed E-state index contributed by atoms with van der Waals surface area (Å²) < 4.78 is 0. The highest BCUT2D eigenvalue weighted by Crippen LogP contribution is 2.22. The first-order chi connectivity index (χ1) is 10.8. The Balaban J connectivity index is 1.50. The lowest BCUT2D eigenvalue weighted by Gasteiger charge is -2.34. The number of hydrogen-bond acceptors (Lipinski definition) is 3. The van der Waals surface area contributed by atoms with Gasteiger partial charge >= 0.3 is 0 Å². The molecule has 4 nitrogen and oxygen atoms in total. The van der Waals surface area contributed by atoms with Gasteiger partial charge in [-0.05, 0) is 61.9 Å². The first kappa shape index (κ1) is 15.5. The smallest absolute Gasteiger partial charge is 0.251 e. The van der Waals surface area contributed by atoms with Crippen molar-refractivity contribution in [3.63, 3.8) is 0 Å². The zero-order chi connectivity index (χ0) is 15.4. The number of amides is 1. The average molecular weight is 302 g/mol. The normalized spacial score (nSPS) is 21.6. The van der Waals surface area contributed by atoms with E-state index in [1.54, 1.807) is 0 Å². The van der Waals surface area contributed by atoms with Crippen LogP contribution < -0.4 is 5.32 Å². The Bertz CT molecular complexity index is 530. The SMILES string of the molecule is O=C(NCCN1CCCC[C@H]1CO)c1ccc2c(c1)CCC2. The van der Waals surface area contributed by atoms with Crippen LogP contribution in [0.4, 0.5) is 0 Å². The minimum absolute atomic E-state index is 0.0206. The molecule has 1 amide bonds. The molecule has 0 aromatic heterocycles. The van der Waals surface area contributed by atoms with Crippen LogP contribution in [0.1, 0.15) is 47.2 Å². The van der Waals surface area contributed by atoms with Crippen LogP contribution >= 0.6 is 0 Å². The Morgan fingerprint density at radius 1 is 1.23 bits per heavy atom. The highest BCUT2D eigenvalue weighted by Gasteiger charge is 2.21. The van der Waals surface area contributed by atoms with E-state index < -0.39 is 0 Å². The molecular formula is C18H26N2O2. The van der Waals surface area contributed by atoms with Gasteiger partial charge in [-0.3, -0.25) is 9.69 Å². The minimum atomic E-state index is 0.0206. The van der Waals surface area contributed by atoms with Gasteiger partial charge in [-0.15, -0.1) is 0 Å². The molecule has 0 unspecified atom stereocenters. The molecule has 0 bridgehead atoms. The van der Waals surface area contributed by atoms with Crippen molar-refractivity contribution >= 4 is 5.91 Å². The Morgan fingerprint density at radius 2 is 2.09 bits per heavy atom. The van der Waals surface area contributed by atoms with E-state index >= 15 is 0 Å². The molecule has 22 heavy (non-hydrogen) atoms. The number of nitrogens with zero attached hydrogens (tertiary/aromatic N) is 1. The van der Waals surface area contributed by atoms with E-state index in [2.05, 4.69) is 22.3 Å². The summed E-state index contributed by atoms with van der Waals surface area (Å²) in [6.45, 7) is 2.72. The number of carbonyl (C=O) groups is 1. The van der Waals surface area contributed by atoms with E-state index in [1.165, 1.54) is 30.4 Å². The molecule has 1 heterocycles. The minimum Gasteiger partial charge on any atom is -0.395 e. The number of piperidine rings is 1. The molecule has 1 aromatic rings. The van der Waals surface area contributed by atoms with Crippen molar-refractivity contribution in [2.24, 2.45) is 0 Å². The summed E-state index contributed by atoms with van der Waals surface area (Å²) >= 11 is 0. The number of carbonyl (C=O) groups excluding carboxylic acids is 1. The number of rotatable bonds is 5. The molecule has 120 valence electrons. The van der Waals surface area contributed by atoms with E-state index in [4.69, 9.17) is 0 Å². The molecule has 1 saturated heterocycles. The van der Waals surface area contributed by atoms with Gasteiger partial charge in [0.2, 0.25) is 0 Å². The molecule has 2 N–H and O–H groups in total. The Kier molecular flexibility index (Phi) is 5.11. The molecule has 0 radical (unpaired) electrons. The van der Waals surface area contributed by atoms with E-state index in [0.29, 0.717) is 6.54 Å². The van der Waals surface area contributed by atoms with E-state index in [-0.39, 0.29) is 18.6 Å². The quantitative estimate of drug-likeness (QED) is 0.871. The van der Waals surface area contributed by atoms with Gasteiger partial charge in [-0.1, -0.05) is 12.5 Å². The predicted octanol–water partition coefficient (Wildman–Crippen LogP) is 1.75. The average Bonchev–Trinajstić information content (AvgIpc) is 3.02. The molecule has 0 spiro atoms. The lowest BCUT2D eigenvalue weighted by atomic mass is 10.0. The van der Waals surface area contributed by atoms with Crippen molar-refractivity contribution in [1.29, 1.82) is 0 Å². The fraction of sp³-hybridized carbons (Fsp3) is 0.611. The van der Waals surface area contributed by atoms with Crippen LogP contribution in [0.5, 0.6) is 0 Å². The Hall–Kier alpha value is -1.39. The van der Waals surface area contributed by atoms with Crippen LogP contribution in [0, 0.1) is 0 Å². The van der Waals surface area contributed by atoms with Crippen LogP contribution in [0.15, 0.2) is 18.2 Å². The van der Waals surface area contributed by atoms with Gasteiger partial charge in [0, 0.05) is 24.7 Å². The van der Waals surface area contributed by atoms with Gasteiger partial charge in [0.1, 0.15) is 0 Å². The zero-order valence-corrected chi connectivity index (χ0v) is 13.2. The number of aliphatic hydroxyl groups excluding tert-OH is 1. The maximum Gasteiger partial charge on any atom is 0.251 e. The molecule has 3 rings (SSSR count). The maximum atomic E-state index is 12.3. The topological polar surface area (TPSA) is 52.6 Å². The van der Waals surface area contributed by atoms with Gasteiger partial charge in [0.05, 0.1) is 6.61 Å². The first-order valence-corrected chi connectivity index (χ1v) is 8.53. The standard InChI is InChI=1S/C18H26N2O2/c21-13-17-6-1-2-10-20(17)11-9-19-18(22)16-8-7-14-4-3-5-15(14)12-16/h7-8,12,17,21H,1-6,9-11,13H2,(H,19,22)/t17-/m0/s1. The van der Waals surface area contributed by atoms with Crippen molar-refractivity contribution in [1.82, 2.24) is 10.2 Å². The summed E-state index contributed by atoms with van der Waals surface area (Å²) in [6, 6.07) is 6.36. The Morgan fingerprint density at radius 3 is 2.95 bits per heavy atom. The van der Waals surface area contributed by atoms with Gasteiger partial charge < -0.3 is 10.4 Å². The van der Waals surface area contributed by atoms with Crippen LogP contribution in [-0.2, 0) is 12.8 Å². The lowest BCUT2D eigenvalue weighted by Crippen LogP contribution is -2.45. The van der Waals surface area contributed by atoms with Crippen molar-refractivity contribution in [3.8, 4) is 0 Å². The summed E-state index contributed by atoms with van der Waals surface area (Å²) in [5, 5.41) is 12.4. The summed E-state index contributed by atoms with van der Waals surface area (Å²) in [5.41, 5.74) is 3.51. The van der Waals surface area contributed by atoms with Crippen LogP contribution in [0.3, 0.4) is 0 Å². The van der Waals surface area contributed by atoms with E-state index in [0.717, 1.165) is 37.9 Å². The van der Waals surface area contributed by atoms with E-state index in [1.807, 2.05) is 6.07 Å². The fourth-order valence-electron chi connectivity index (χ4n) is 3.69. The number of hydrogen-bond donors (Lipinski definition) is 2. The predicted molar refractivity (Wildman–Crippen MR) is 87.1 cm³/mol. The number of fused-ring (bicyclic) bond motifs is 1. The summed E-state index contributed by atoms with van der Waals surface area (Å²) in [5.74, 6) is 0.0206. The third-order valence-electron chi connectivity index (χ3n) is 5.01. The molecule has 1 aliphatic carbocycles.